The summed E-state index contributed by atoms with van der Waals surface area (Å²) in [6.45, 7) is -0.335. The molecule has 0 saturated heterocycles. The van der Waals surface area contributed by atoms with Crippen molar-refractivity contribution in [3.63, 3.8) is 0 Å². The second-order valence-corrected chi connectivity index (χ2v) is 7.09. The van der Waals surface area contributed by atoms with Crippen LogP contribution in [0.4, 0.5) is 0 Å². The van der Waals surface area contributed by atoms with Gasteiger partial charge in [-0.3, -0.25) is 9.59 Å². The van der Waals surface area contributed by atoms with E-state index in [2.05, 4.69) is 4.98 Å². The molecule has 0 saturated carbocycles. The maximum atomic E-state index is 12.7. The summed E-state index contributed by atoms with van der Waals surface area (Å²) in [4.78, 5) is 27.6. The number of aliphatic hydroxyl groups excluding tert-OH is 1. The molecule has 0 bridgehead atoms. The zero-order valence-corrected chi connectivity index (χ0v) is 16.0. The predicted octanol–water partition coefficient (Wildman–Crippen LogP) is 3.83. The van der Waals surface area contributed by atoms with E-state index in [-0.39, 0.29) is 30.3 Å². The van der Waals surface area contributed by atoms with Gasteiger partial charge in [0, 0.05) is 27.7 Å². The summed E-state index contributed by atoms with van der Waals surface area (Å²) < 4.78 is 5.68. The molecule has 0 fully saturated rings. The molecule has 4 rings (SSSR count). The molecular formula is C22H17ClN2O4. The van der Waals surface area contributed by atoms with Gasteiger partial charge in [-0.25, -0.2) is 0 Å². The van der Waals surface area contributed by atoms with E-state index in [1.807, 2.05) is 0 Å². The third-order valence-electron chi connectivity index (χ3n) is 4.75. The number of aromatic amines is 1. The minimum absolute atomic E-state index is 0.0789. The highest BCUT2D eigenvalue weighted by atomic mass is 35.5. The highest BCUT2D eigenvalue weighted by Crippen LogP contribution is 2.28. The Morgan fingerprint density at radius 3 is 2.62 bits per heavy atom. The summed E-state index contributed by atoms with van der Waals surface area (Å²) in [5.41, 5.74) is 7.63. The van der Waals surface area contributed by atoms with Gasteiger partial charge in [0.2, 0.25) is 5.78 Å². The number of primary amides is 1. The van der Waals surface area contributed by atoms with Crippen molar-refractivity contribution in [1.29, 1.82) is 0 Å². The summed E-state index contributed by atoms with van der Waals surface area (Å²) in [6.07, 6.45) is 1.61. The van der Waals surface area contributed by atoms with Crippen LogP contribution in [0.3, 0.4) is 0 Å². The van der Waals surface area contributed by atoms with E-state index in [4.69, 9.17) is 22.1 Å². The maximum absolute atomic E-state index is 12.7. The van der Waals surface area contributed by atoms with Crippen LogP contribution in [0.15, 0.2) is 54.7 Å². The number of fused-ring (bicyclic) bond motifs is 2. The minimum Gasteiger partial charge on any atom is -0.485 e. The van der Waals surface area contributed by atoms with Crippen molar-refractivity contribution in [2.45, 2.75) is 6.61 Å². The topological polar surface area (TPSA) is 105 Å². The van der Waals surface area contributed by atoms with Crippen molar-refractivity contribution in [3.05, 3.63) is 76.4 Å². The van der Waals surface area contributed by atoms with Crippen molar-refractivity contribution in [2.75, 3.05) is 6.61 Å². The molecule has 0 radical (unpaired) electrons. The molecule has 3 aromatic carbocycles. The van der Waals surface area contributed by atoms with E-state index in [0.717, 1.165) is 27.2 Å². The average molecular weight is 409 g/mol. The first kappa shape index (κ1) is 19.0. The van der Waals surface area contributed by atoms with Crippen molar-refractivity contribution in [2.24, 2.45) is 5.73 Å². The molecule has 0 atom stereocenters. The van der Waals surface area contributed by atoms with Crippen molar-refractivity contribution in [1.82, 2.24) is 4.98 Å². The van der Waals surface area contributed by atoms with E-state index in [1.54, 1.807) is 54.7 Å². The number of amides is 1. The Labute approximate surface area is 170 Å². The molecule has 0 aliphatic carbocycles. The van der Waals surface area contributed by atoms with E-state index in [0.29, 0.717) is 10.6 Å². The highest BCUT2D eigenvalue weighted by Gasteiger charge is 2.16. The number of ketones is 1. The van der Waals surface area contributed by atoms with Gasteiger partial charge < -0.3 is 20.6 Å². The zero-order chi connectivity index (χ0) is 20.5. The summed E-state index contributed by atoms with van der Waals surface area (Å²) in [7, 11) is 0. The standard InChI is InChI=1S/C22H17ClN2O4/c23-15-3-2-13-8-21(17(22(24)28)7-14(13)6-15)29-11-20(27)18-9-25-19-5-12(10-26)1-4-16(18)19/h1-9,25-26H,10-11H2,(H2,24,28). The monoisotopic (exact) mass is 408 g/mol. The minimum atomic E-state index is -0.655. The van der Waals surface area contributed by atoms with Gasteiger partial charge in [-0.1, -0.05) is 29.8 Å². The number of ether oxygens (including phenoxy) is 1. The smallest absolute Gasteiger partial charge is 0.252 e. The number of rotatable bonds is 6. The predicted molar refractivity (Wildman–Crippen MR) is 112 cm³/mol. The lowest BCUT2D eigenvalue weighted by atomic mass is 10.1. The van der Waals surface area contributed by atoms with Gasteiger partial charge in [0.15, 0.2) is 6.61 Å². The number of halogens is 1. The Morgan fingerprint density at radius 1 is 1.03 bits per heavy atom. The molecule has 6 nitrogen and oxygen atoms in total. The first-order chi connectivity index (χ1) is 14.0. The molecule has 1 amide bonds. The van der Waals surface area contributed by atoms with Gasteiger partial charge in [-0.2, -0.15) is 0 Å². The second-order valence-electron chi connectivity index (χ2n) is 6.66. The molecule has 7 heteroatoms. The zero-order valence-electron chi connectivity index (χ0n) is 15.2. The first-order valence-electron chi connectivity index (χ1n) is 8.86. The Kier molecular flexibility index (Phi) is 4.96. The van der Waals surface area contributed by atoms with Crippen LogP contribution in [0.2, 0.25) is 5.02 Å². The Hall–Kier alpha value is -3.35. The van der Waals surface area contributed by atoms with E-state index >= 15 is 0 Å². The number of benzene rings is 3. The quantitative estimate of drug-likeness (QED) is 0.421. The summed E-state index contributed by atoms with van der Waals surface area (Å²) in [5.74, 6) is -0.666. The fraction of sp³-hybridized carbons (Fsp3) is 0.0909. The summed E-state index contributed by atoms with van der Waals surface area (Å²) in [5, 5.41) is 12.1. The number of H-pyrrole nitrogens is 1. The number of hydrogen-bond donors (Lipinski definition) is 3. The SMILES string of the molecule is NC(=O)c1cc2cc(Cl)ccc2cc1OCC(=O)c1c[nH]c2cc(CO)ccc12. The molecule has 4 aromatic rings. The number of nitrogens with one attached hydrogen (secondary N) is 1. The molecule has 0 spiro atoms. The van der Waals surface area contributed by atoms with Crippen LogP contribution in [0.5, 0.6) is 5.75 Å². The number of aliphatic hydroxyl groups is 1. The number of hydrogen-bond acceptors (Lipinski definition) is 4. The average Bonchev–Trinajstić information content (AvgIpc) is 3.14. The maximum Gasteiger partial charge on any atom is 0.252 e. The van der Waals surface area contributed by atoms with Gasteiger partial charge in [0.1, 0.15) is 5.75 Å². The Balaban J connectivity index is 1.62. The number of nitrogens with two attached hydrogens (primary N) is 1. The molecule has 4 N–H and O–H groups in total. The molecule has 0 aliphatic rings. The molecule has 0 aliphatic heterocycles. The van der Waals surface area contributed by atoms with E-state index in [9.17, 15) is 14.7 Å². The molecule has 29 heavy (non-hydrogen) atoms. The lowest BCUT2D eigenvalue weighted by Crippen LogP contribution is -2.16. The van der Waals surface area contributed by atoms with Crippen LogP contribution in [-0.4, -0.2) is 28.4 Å². The molecular weight excluding hydrogens is 392 g/mol. The number of carbonyl (C=O) groups is 2. The van der Waals surface area contributed by atoms with Gasteiger partial charge in [0.25, 0.3) is 5.91 Å². The molecule has 146 valence electrons. The largest absolute Gasteiger partial charge is 0.485 e. The molecule has 1 heterocycles. The lowest BCUT2D eigenvalue weighted by molar-refractivity contribution is 0.0914. The lowest BCUT2D eigenvalue weighted by Gasteiger charge is -2.11. The van der Waals surface area contributed by atoms with Crippen LogP contribution in [-0.2, 0) is 6.61 Å². The van der Waals surface area contributed by atoms with Gasteiger partial charge >= 0.3 is 0 Å². The van der Waals surface area contributed by atoms with Crippen LogP contribution in [0, 0.1) is 0 Å². The van der Waals surface area contributed by atoms with Gasteiger partial charge in [-0.15, -0.1) is 0 Å². The third kappa shape index (κ3) is 3.68. The molecule has 0 unspecified atom stereocenters. The van der Waals surface area contributed by atoms with Crippen LogP contribution in [0.25, 0.3) is 21.7 Å². The molecule has 1 aromatic heterocycles. The third-order valence-corrected chi connectivity index (χ3v) is 4.99. The van der Waals surface area contributed by atoms with Crippen LogP contribution < -0.4 is 10.5 Å². The van der Waals surface area contributed by atoms with Crippen LogP contribution >= 0.6 is 11.6 Å². The van der Waals surface area contributed by atoms with Gasteiger partial charge in [0.05, 0.1) is 12.2 Å². The fourth-order valence-electron chi connectivity index (χ4n) is 3.28. The Morgan fingerprint density at radius 2 is 1.86 bits per heavy atom. The summed E-state index contributed by atoms with van der Waals surface area (Å²) >= 11 is 6.01. The number of carbonyl (C=O) groups excluding carboxylic acids is 2. The Bertz CT molecular complexity index is 1260. The van der Waals surface area contributed by atoms with Gasteiger partial charge in [-0.05, 0) is 46.7 Å². The van der Waals surface area contributed by atoms with Crippen LogP contribution in [0.1, 0.15) is 26.3 Å². The highest BCUT2D eigenvalue weighted by molar-refractivity contribution is 6.31. The van der Waals surface area contributed by atoms with Crippen molar-refractivity contribution in [3.8, 4) is 5.75 Å². The normalized spacial score (nSPS) is 11.1. The first-order valence-corrected chi connectivity index (χ1v) is 9.24. The van der Waals surface area contributed by atoms with E-state index < -0.39 is 5.91 Å². The number of Topliss-reactive ketones (excluding diaryl/α,β-unsaturated/α-hetero) is 1. The van der Waals surface area contributed by atoms with Crippen molar-refractivity contribution >= 4 is 45.0 Å². The number of aromatic nitrogens is 1. The van der Waals surface area contributed by atoms with Crippen molar-refractivity contribution < 1.29 is 19.4 Å². The summed E-state index contributed by atoms with van der Waals surface area (Å²) in [6, 6.07) is 13.8. The van der Waals surface area contributed by atoms with E-state index in [1.165, 1.54) is 0 Å². The fourth-order valence-corrected chi connectivity index (χ4v) is 3.46. The second kappa shape index (κ2) is 7.58.